The smallest absolute Gasteiger partial charge is 0.410 e. The van der Waals surface area contributed by atoms with Crippen molar-refractivity contribution in [2.75, 3.05) is 43.7 Å². The number of nitrogens with zero attached hydrogens (tertiary/aromatic N) is 2. The van der Waals surface area contributed by atoms with Crippen LogP contribution in [0.25, 0.3) is 0 Å². The molecule has 2 aromatic carbocycles. The van der Waals surface area contributed by atoms with Gasteiger partial charge in [0.15, 0.2) is 0 Å². The Morgan fingerprint density at radius 1 is 0.833 bits per heavy atom. The fraction of sp³-hybridized carbons (Fsp3) is 0.459. The van der Waals surface area contributed by atoms with Gasteiger partial charge in [-0.15, -0.1) is 0 Å². The van der Waals surface area contributed by atoms with E-state index in [1.165, 1.54) is 30.8 Å². The number of hydrogen-bond acceptors (Lipinski definition) is 10. The minimum absolute atomic E-state index is 0.0471. The van der Waals surface area contributed by atoms with Gasteiger partial charge >= 0.3 is 6.09 Å². The van der Waals surface area contributed by atoms with Crippen molar-refractivity contribution < 1.29 is 43.1 Å². The molecule has 16 nitrogen and oxygen atoms in total. The Morgan fingerprint density at radius 3 is 1.98 bits per heavy atom. The molecule has 3 atom stereocenters. The van der Waals surface area contributed by atoms with Gasteiger partial charge in [0.2, 0.25) is 41.4 Å². The molecule has 1 heterocycles. The Bertz CT molecular complexity index is 1700. The fourth-order valence-corrected chi connectivity index (χ4v) is 6.20. The normalized spacial score (nSPS) is 15.0. The van der Waals surface area contributed by atoms with Crippen LogP contribution in [0.3, 0.4) is 0 Å². The van der Waals surface area contributed by atoms with Gasteiger partial charge in [-0.3, -0.25) is 38.5 Å². The van der Waals surface area contributed by atoms with Crippen LogP contribution in [0.5, 0.6) is 0 Å². The first-order valence-electron chi connectivity index (χ1n) is 17.4. The van der Waals surface area contributed by atoms with Crippen molar-refractivity contribution in [2.45, 2.75) is 64.5 Å². The van der Waals surface area contributed by atoms with E-state index in [2.05, 4.69) is 26.6 Å². The van der Waals surface area contributed by atoms with Crippen LogP contribution in [0, 0.1) is 11.8 Å². The number of imide groups is 1. The second kappa shape index (κ2) is 20.1. The fourth-order valence-electron chi connectivity index (χ4n) is 5.58. The third kappa shape index (κ3) is 12.0. The number of amides is 8. The molecule has 0 radical (unpaired) electrons. The van der Waals surface area contributed by atoms with Gasteiger partial charge in [0.1, 0.15) is 18.7 Å². The highest BCUT2D eigenvalue weighted by atomic mass is 32.2. The van der Waals surface area contributed by atoms with E-state index in [9.17, 15) is 38.4 Å². The summed E-state index contributed by atoms with van der Waals surface area (Å²) in [6.45, 7) is 6.37. The van der Waals surface area contributed by atoms with Gasteiger partial charge in [-0.2, -0.15) is 11.8 Å². The molecule has 1 aliphatic rings. The topological polar surface area (TPSA) is 212 Å². The molecule has 2 aromatic rings. The van der Waals surface area contributed by atoms with Gasteiger partial charge in [0.05, 0.1) is 30.4 Å². The maximum absolute atomic E-state index is 13.0. The average molecular weight is 768 g/mol. The SMILES string of the molecule is CNC(=O)CNC(=O)[C@H](C(C)C)N(C)C(=O)OCc1ccc(NC(=O)CNC(=O)[C@@H](NC(=O)Cc2ccc(N3C(=O)CC(SC)C3=O)cc2)C(C)C)cc1. The summed E-state index contributed by atoms with van der Waals surface area (Å²) in [4.78, 5) is 103. The number of likely N-dealkylation sites (N-methyl/N-ethyl adjacent to an activating group) is 2. The summed E-state index contributed by atoms with van der Waals surface area (Å²) < 4.78 is 5.38. The Kier molecular flexibility index (Phi) is 16.0. The second-order valence-electron chi connectivity index (χ2n) is 13.3. The van der Waals surface area contributed by atoms with Gasteiger partial charge in [0.25, 0.3) is 0 Å². The highest BCUT2D eigenvalue weighted by Crippen LogP contribution is 2.28. The van der Waals surface area contributed by atoms with Crippen molar-refractivity contribution in [3.05, 3.63) is 59.7 Å². The van der Waals surface area contributed by atoms with E-state index in [1.807, 2.05) is 0 Å². The number of hydrogen-bond donors (Lipinski definition) is 5. The van der Waals surface area contributed by atoms with Crippen LogP contribution in [-0.2, 0) is 51.3 Å². The average Bonchev–Trinajstić information content (AvgIpc) is 3.43. The van der Waals surface area contributed by atoms with Crippen molar-refractivity contribution in [3.8, 4) is 0 Å². The monoisotopic (exact) mass is 767 g/mol. The molecule has 0 aliphatic carbocycles. The van der Waals surface area contributed by atoms with Crippen LogP contribution in [0.15, 0.2) is 48.5 Å². The summed E-state index contributed by atoms with van der Waals surface area (Å²) in [6, 6.07) is 11.2. The Balaban J connectivity index is 1.45. The highest BCUT2D eigenvalue weighted by Gasteiger charge is 2.39. The van der Waals surface area contributed by atoms with Crippen molar-refractivity contribution in [1.29, 1.82) is 0 Å². The van der Waals surface area contributed by atoms with Crippen molar-refractivity contribution in [2.24, 2.45) is 11.8 Å². The van der Waals surface area contributed by atoms with E-state index in [0.29, 0.717) is 22.5 Å². The zero-order valence-corrected chi connectivity index (χ0v) is 32.3. The van der Waals surface area contributed by atoms with Crippen LogP contribution in [0.2, 0.25) is 0 Å². The third-order valence-corrected chi connectivity index (χ3v) is 9.48. The molecule has 3 rings (SSSR count). The molecular weight excluding hydrogens is 719 g/mol. The molecule has 0 bridgehead atoms. The number of carbonyl (C=O) groups is 8. The van der Waals surface area contributed by atoms with Crippen molar-refractivity contribution in [1.82, 2.24) is 26.2 Å². The number of nitrogens with one attached hydrogen (secondary N) is 5. The van der Waals surface area contributed by atoms with Crippen molar-refractivity contribution >= 4 is 70.6 Å². The molecule has 0 saturated carbocycles. The largest absolute Gasteiger partial charge is 0.445 e. The van der Waals surface area contributed by atoms with Gasteiger partial charge in [0, 0.05) is 26.2 Å². The molecule has 0 aromatic heterocycles. The van der Waals surface area contributed by atoms with Gasteiger partial charge < -0.3 is 31.3 Å². The summed E-state index contributed by atoms with van der Waals surface area (Å²) in [5, 5.41) is 12.5. The van der Waals surface area contributed by atoms with Crippen LogP contribution in [0.1, 0.15) is 45.2 Å². The number of benzene rings is 2. The number of thioether (sulfide) groups is 1. The number of ether oxygens (including phenoxy) is 1. The van der Waals surface area contributed by atoms with Crippen LogP contribution in [0.4, 0.5) is 16.2 Å². The van der Waals surface area contributed by atoms with Crippen molar-refractivity contribution in [3.63, 3.8) is 0 Å². The molecule has 1 saturated heterocycles. The summed E-state index contributed by atoms with van der Waals surface area (Å²) in [5.74, 6) is -3.42. The first kappa shape index (κ1) is 43.0. The minimum atomic E-state index is -0.915. The first-order valence-corrected chi connectivity index (χ1v) is 18.7. The number of rotatable bonds is 17. The van der Waals surface area contributed by atoms with E-state index in [-0.39, 0.29) is 62.1 Å². The molecule has 5 N–H and O–H groups in total. The second-order valence-corrected chi connectivity index (χ2v) is 14.4. The lowest BCUT2D eigenvalue weighted by Gasteiger charge is -2.29. The van der Waals surface area contributed by atoms with Gasteiger partial charge in [-0.1, -0.05) is 52.0 Å². The molecule has 17 heteroatoms. The molecule has 292 valence electrons. The van der Waals surface area contributed by atoms with Crippen LogP contribution >= 0.6 is 11.8 Å². The standard InChI is InChI=1S/C37H49N7O9S/c1-21(2)32(42-28(45)16-23-10-14-26(15-11-23)44-31(48)17-27(54-7)36(44)51)34(49)39-19-30(47)41-25-12-8-24(9-13-25)20-53-37(52)43(6)33(22(3)4)35(50)40-18-29(46)38-5/h8-15,21-22,27,32-33H,16-20H2,1-7H3,(H,38,46)(H,39,49)(H,40,50)(H,41,47)(H,42,45)/t27?,32-,33-/m0/s1. The van der Waals surface area contributed by atoms with E-state index in [4.69, 9.17) is 4.74 Å². The summed E-state index contributed by atoms with van der Waals surface area (Å²) >= 11 is 1.33. The van der Waals surface area contributed by atoms with Crippen LogP contribution < -0.4 is 31.5 Å². The first-order chi connectivity index (χ1) is 25.6. The summed E-state index contributed by atoms with van der Waals surface area (Å²) in [7, 11) is 2.89. The Hall–Kier alpha value is -5.45. The zero-order valence-electron chi connectivity index (χ0n) is 31.5. The Labute approximate surface area is 318 Å². The molecule has 1 fully saturated rings. The van der Waals surface area contributed by atoms with E-state index in [1.54, 1.807) is 82.5 Å². The molecule has 8 amide bonds. The molecule has 0 spiro atoms. The highest BCUT2D eigenvalue weighted by molar-refractivity contribution is 8.00. The predicted octanol–water partition coefficient (Wildman–Crippen LogP) is 1.57. The lowest BCUT2D eigenvalue weighted by molar-refractivity contribution is -0.130. The molecule has 54 heavy (non-hydrogen) atoms. The molecule has 1 aliphatic heterocycles. The maximum Gasteiger partial charge on any atom is 0.410 e. The minimum Gasteiger partial charge on any atom is -0.445 e. The number of carbonyl (C=O) groups excluding carboxylic acids is 8. The molecular formula is C37H49N7O9S. The maximum atomic E-state index is 13.0. The summed E-state index contributed by atoms with van der Waals surface area (Å²) in [5.41, 5.74) is 2.09. The third-order valence-electron chi connectivity index (χ3n) is 8.55. The van der Waals surface area contributed by atoms with Gasteiger partial charge in [-0.05, 0) is 53.5 Å². The van der Waals surface area contributed by atoms with Crippen LogP contribution in [-0.4, -0.2) is 103 Å². The van der Waals surface area contributed by atoms with E-state index in [0.717, 1.165) is 4.90 Å². The lowest BCUT2D eigenvalue weighted by Crippen LogP contribution is -2.52. The number of anilines is 2. The van der Waals surface area contributed by atoms with E-state index < -0.39 is 47.1 Å². The summed E-state index contributed by atoms with van der Waals surface area (Å²) in [6.07, 6.45) is 1.14. The predicted molar refractivity (Wildman–Crippen MR) is 203 cm³/mol. The van der Waals surface area contributed by atoms with Gasteiger partial charge in [-0.25, -0.2) is 9.69 Å². The quantitative estimate of drug-likeness (QED) is 0.147. The zero-order chi connectivity index (χ0) is 40.1. The molecule has 1 unspecified atom stereocenters. The Morgan fingerprint density at radius 2 is 1.43 bits per heavy atom. The lowest BCUT2D eigenvalue weighted by atomic mass is 10.0. The van der Waals surface area contributed by atoms with E-state index >= 15 is 0 Å².